The first-order chi connectivity index (χ1) is 13.3. The Balaban J connectivity index is 1.67. The molecule has 5 aromatic rings. The van der Waals surface area contributed by atoms with Crippen molar-refractivity contribution in [2.24, 2.45) is 0 Å². The highest BCUT2D eigenvalue weighted by Gasteiger charge is 2.12. The number of fused-ring (bicyclic) bond motifs is 2. The van der Waals surface area contributed by atoms with Gasteiger partial charge in [-0.05, 0) is 43.3 Å². The average Bonchev–Trinajstić information content (AvgIpc) is 3.17. The molecule has 0 aliphatic rings. The van der Waals surface area contributed by atoms with Crippen LogP contribution in [0.2, 0.25) is 0 Å². The molecule has 130 valence electrons. The van der Waals surface area contributed by atoms with E-state index in [0.717, 1.165) is 33.5 Å². The lowest BCUT2D eigenvalue weighted by molar-refractivity contribution is 0.908. The number of rotatable bonds is 3. The van der Waals surface area contributed by atoms with Gasteiger partial charge in [0.2, 0.25) is 5.82 Å². The molecule has 0 saturated carbocycles. The molecule has 0 saturated heterocycles. The molecule has 5 heterocycles. The highest BCUT2D eigenvalue weighted by Crippen LogP contribution is 2.27. The van der Waals surface area contributed by atoms with E-state index in [-0.39, 0.29) is 0 Å². The zero-order valence-electron chi connectivity index (χ0n) is 14.5. The van der Waals surface area contributed by atoms with Crippen molar-refractivity contribution in [1.82, 2.24) is 29.5 Å². The van der Waals surface area contributed by atoms with Crippen LogP contribution in [-0.2, 0) is 0 Å². The summed E-state index contributed by atoms with van der Waals surface area (Å²) in [5, 5.41) is 8.94. The lowest BCUT2D eigenvalue weighted by atomic mass is 10.2. The minimum atomic E-state index is 0.557. The van der Waals surface area contributed by atoms with Crippen LogP contribution in [-0.4, -0.2) is 29.5 Å². The van der Waals surface area contributed by atoms with Gasteiger partial charge in [-0.3, -0.25) is 9.97 Å². The summed E-state index contributed by atoms with van der Waals surface area (Å²) in [6.07, 6.45) is 7.19. The Morgan fingerprint density at radius 3 is 2.85 bits per heavy atom. The minimum Gasteiger partial charge on any atom is -0.338 e. The van der Waals surface area contributed by atoms with E-state index in [2.05, 4.69) is 25.4 Å². The molecular weight excluding hydrogens is 338 g/mol. The highest BCUT2D eigenvalue weighted by atomic mass is 15.3. The van der Waals surface area contributed by atoms with Gasteiger partial charge < -0.3 is 5.32 Å². The third kappa shape index (κ3) is 2.75. The van der Waals surface area contributed by atoms with Gasteiger partial charge >= 0.3 is 0 Å². The summed E-state index contributed by atoms with van der Waals surface area (Å²) in [7, 11) is 0. The van der Waals surface area contributed by atoms with Gasteiger partial charge in [0.1, 0.15) is 11.2 Å². The second kappa shape index (κ2) is 6.14. The third-order valence-corrected chi connectivity index (χ3v) is 4.30. The van der Waals surface area contributed by atoms with Crippen LogP contribution in [0.4, 0.5) is 11.5 Å². The molecule has 0 amide bonds. The van der Waals surface area contributed by atoms with Gasteiger partial charge in [0, 0.05) is 35.9 Å². The molecule has 7 heteroatoms. The lowest BCUT2D eigenvalue weighted by Crippen LogP contribution is -2.04. The quantitative estimate of drug-likeness (QED) is 0.531. The van der Waals surface area contributed by atoms with Crippen LogP contribution < -0.4 is 5.32 Å². The molecule has 1 N–H and O–H groups in total. The summed E-state index contributed by atoms with van der Waals surface area (Å²) in [6, 6.07) is 13.5. The number of nitrogens with one attached hydrogen (secondary N) is 1. The maximum absolute atomic E-state index is 4.74. The summed E-state index contributed by atoms with van der Waals surface area (Å²) >= 11 is 0. The Morgan fingerprint density at radius 2 is 1.93 bits per heavy atom. The van der Waals surface area contributed by atoms with Crippen molar-refractivity contribution in [2.75, 3.05) is 5.32 Å². The molecule has 27 heavy (non-hydrogen) atoms. The van der Waals surface area contributed by atoms with Crippen LogP contribution in [0.25, 0.3) is 27.9 Å². The molecule has 0 atom stereocenters. The van der Waals surface area contributed by atoms with E-state index in [0.29, 0.717) is 11.6 Å². The van der Waals surface area contributed by atoms with Crippen molar-refractivity contribution in [3.8, 4) is 11.5 Å². The first-order valence-electron chi connectivity index (χ1n) is 8.53. The highest BCUT2D eigenvalue weighted by molar-refractivity contribution is 5.93. The number of hydrogen-bond donors (Lipinski definition) is 1. The molecule has 0 aliphatic carbocycles. The lowest BCUT2D eigenvalue weighted by Gasteiger charge is -2.11. The Labute approximate surface area is 154 Å². The fourth-order valence-corrected chi connectivity index (χ4v) is 3.03. The number of aromatic nitrogens is 6. The van der Waals surface area contributed by atoms with E-state index in [1.165, 1.54) is 0 Å². The van der Waals surface area contributed by atoms with Crippen LogP contribution in [0, 0.1) is 6.92 Å². The predicted molar refractivity (Wildman–Crippen MR) is 104 cm³/mol. The predicted octanol–water partition coefficient (Wildman–Crippen LogP) is 3.79. The first-order valence-corrected chi connectivity index (χ1v) is 8.53. The van der Waals surface area contributed by atoms with E-state index >= 15 is 0 Å². The van der Waals surface area contributed by atoms with Gasteiger partial charge in [-0.25, -0.2) is 14.5 Å². The Kier molecular flexibility index (Phi) is 3.50. The van der Waals surface area contributed by atoms with Crippen LogP contribution in [0.3, 0.4) is 0 Å². The molecule has 0 aromatic carbocycles. The van der Waals surface area contributed by atoms with E-state index in [1.54, 1.807) is 23.1 Å². The molecule has 0 spiro atoms. The van der Waals surface area contributed by atoms with Gasteiger partial charge in [-0.1, -0.05) is 6.07 Å². The van der Waals surface area contributed by atoms with Crippen molar-refractivity contribution in [2.45, 2.75) is 6.92 Å². The summed E-state index contributed by atoms with van der Waals surface area (Å²) in [6.45, 7) is 1.95. The first kappa shape index (κ1) is 15.4. The molecule has 5 aromatic heterocycles. The van der Waals surface area contributed by atoms with Crippen LogP contribution in [0.1, 0.15) is 5.69 Å². The summed E-state index contributed by atoms with van der Waals surface area (Å²) < 4.78 is 1.80. The van der Waals surface area contributed by atoms with E-state index in [9.17, 15) is 0 Å². The van der Waals surface area contributed by atoms with Crippen LogP contribution in [0.5, 0.6) is 0 Å². The van der Waals surface area contributed by atoms with Gasteiger partial charge in [0.15, 0.2) is 5.82 Å². The van der Waals surface area contributed by atoms with Crippen molar-refractivity contribution in [3.63, 3.8) is 0 Å². The zero-order valence-corrected chi connectivity index (χ0v) is 14.5. The molecule has 0 fully saturated rings. The Morgan fingerprint density at radius 1 is 0.963 bits per heavy atom. The minimum absolute atomic E-state index is 0.557. The van der Waals surface area contributed by atoms with Crippen molar-refractivity contribution < 1.29 is 0 Å². The van der Waals surface area contributed by atoms with Crippen LogP contribution >= 0.6 is 0 Å². The molecular formula is C20H15N7. The average molecular weight is 353 g/mol. The van der Waals surface area contributed by atoms with Crippen molar-refractivity contribution in [3.05, 3.63) is 72.9 Å². The Bertz CT molecular complexity index is 1270. The molecule has 5 rings (SSSR count). The van der Waals surface area contributed by atoms with Gasteiger partial charge in [0.25, 0.3) is 0 Å². The molecule has 0 radical (unpaired) electrons. The molecule has 0 aliphatic heterocycles. The van der Waals surface area contributed by atoms with E-state index in [1.807, 2.05) is 55.6 Å². The molecule has 0 unspecified atom stereocenters. The number of hydrogen-bond acceptors (Lipinski definition) is 6. The van der Waals surface area contributed by atoms with E-state index < -0.39 is 0 Å². The summed E-state index contributed by atoms with van der Waals surface area (Å²) in [5.41, 5.74) is 4.29. The van der Waals surface area contributed by atoms with Gasteiger partial charge in [-0.15, -0.1) is 5.10 Å². The topological polar surface area (TPSA) is 80.9 Å². The standard InChI is InChI=1S/C20H15N7/c1-13-4-2-5-17(23-13)19-25-20(18-6-3-11-27(18)26-19)24-16-8-10-22-15-7-9-21-12-14(15)16/h2-12H,1H3,(H,22,24,25,26). The molecule has 0 bridgehead atoms. The summed E-state index contributed by atoms with van der Waals surface area (Å²) in [5.74, 6) is 1.26. The number of pyridine rings is 3. The normalized spacial score (nSPS) is 11.1. The largest absolute Gasteiger partial charge is 0.338 e. The second-order valence-corrected chi connectivity index (χ2v) is 6.16. The monoisotopic (exact) mass is 353 g/mol. The summed E-state index contributed by atoms with van der Waals surface area (Å²) in [4.78, 5) is 17.9. The van der Waals surface area contributed by atoms with Gasteiger partial charge in [0.05, 0.1) is 11.2 Å². The third-order valence-electron chi connectivity index (χ3n) is 4.30. The maximum atomic E-state index is 4.74. The number of anilines is 2. The molecule has 7 nitrogen and oxygen atoms in total. The Hall–Kier alpha value is -3.87. The van der Waals surface area contributed by atoms with Crippen LogP contribution in [0.15, 0.2) is 67.3 Å². The smallest absolute Gasteiger partial charge is 0.200 e. The van der Waals surface area contributed by atoms with E-state index in [4.69, 9.17) is 4.98 Å². The number of aryl methyl sites for hydroxylation is 1. The second-order valence-electron chi connectivity index (χ2n) is 6.16. The van der Waals surface area contributed by atoms with Gasteiger partial charge in [-0.2, -0.15) is 0 Å². The number of nitrogens with zero attached hydrogens (tertiary/aromatic N) is 6. The fraction of sp³-hybridized carbons (Fsp3) is 0.0500. The SMILES string of the molecule is Cc1cccc(-c2nc(Nc3ccnc4ccncc34)c3cccn3n2)n1. The zero-order chi connectivity index (χ0) is 18.2. The van der Waals surface area contributed by atoms with Crippen molar-refractivity contribution >= 4 is 27.9 Å². The fourth-order valence-electron chi connectivity index (χ4n) is 3.03. The maximum Gasteiger partial charge on any atom is 0.200 e. The van der Waals surface area contributed by atoms with Crippen molar-refractivity contribution in [1.29, 1.82) is 0 Å².